The first-order chi connectivity index (χ1) is 6.94. The van der Waals surface area contributed by atoms with Crippen LogP contribution in [-0.2, 0) is 9.59 Å². The predicted octanol–water partition coefficient (Wildman–Crippen LogP) is 2.75. The lowest BCUT2D eigenvalue weighted by molar-refractivity contribution is -0.135. The van der Waals surface area contributed by atoms with E-state index in [0.29, 0.717) is 31.0 Å². The van der Waals surface area contributed by atoms with Crippen molar-refractivity contribution in [3.05, 3.63) is 0 Å². The molecule has 0 aromatic heterocycles. The van der Waals surface area contributed by atoms with E-state index in [0.717, 1.165) is 12.8 Å². The van der Waals surface area contributed by atoms with E-state index in [1.807, 2.05) is 6.92 Å². The molecule has 0 saturated heterocycles. The Bertz CT molecular complexity index is 316. The van der Waals surface area contributed by atoms with Gasteiger partial charge in [0.2, 0.25) is 0 Å². The molecule has 84 valence electrons. The fourth-order valence-corrected chi connectivity index (χ4v) is 3.65. The molecule has 0 aromatic rings. The van der Waals surface area contributed by atoms with E-state index in [4.69, 9.17) is 0 Å². The fraction of sp³-hybridized carbons (Fsp3) is 0.846. The molecule has 2 heteroatoms. The Morgan fingerprint density at radius 2 is 2.13 bits per heavy atom. The molecule has 2 saturated carbocycles. The zero-order valence-electron chi connectivity index (χ0n) is 9.93. The van der Waals surface area contributed by atoms with Gasteiger partial charge in [0, 0.05) is 24.7 Å². The summed E-state index contributed by atoms with van der Waals surface area (Å²) in [7, 11) is 0. The first-order valence-corrected chi connectivity index (χ1v) is 5.99. The molecule has 0 heterocycles. The normalized spacial score (nSPS) is 37.3. The molecule has 0 amide bonds. The van der Waals surface area contributed by atoms with E-state index >= 15 is 0 Å². The van der Waals surface area contributed by atoms with Crippen LogP contribution in [0.1, 0.15) is 52.9 Å². The van der Waals surface area contributed by atoms with Crippen molar-refractivity contribution >= 4 is 11.6 Å². The van der Waals surface area contributed by atoms with Gasteiger partial charge in [0.15, 0.2) is 0 Å². The Kier molecular flexibility index (Phi) is 2.29. The van der Waals surface area contributed by atoms with Gasteiger partial charge in [-0.3, -0.25) is 9.59 Å². The van der Waals surface area contributed by atoms with Crippen molar-refractivity contribution in [3.63, 3.8) is 0 Å². The molecule has 2 rings (SSSR count). The van der Waals surface area contributed by atoms with Crippen LogP contribution < -0.4 is 0 Å². The molecule has 2 unspecified atom stereocenters. The second-order valence-electron chi connectivity index (χ2n) is 5.74. The molecular formula is C13H20O2. The summed E-state index contributed by atoms with van der Waals surface area (Å²) in [5, 5.41) is 0. The summed E-state index contributed by atoms with van der Waals surface area (Å²) in [5.41, 5.74) is -0.250. The fourth-order valence-electron chi connectivity index (χ4n) is 3.65. The quantitative estimate of drug-likeness (QED) is 0.714. The number of rotatable bonds is 3. The Hall–Kier alpha value is -0.660. The van der Waals surface area contributed by atoms with Gasteiger partial charge in [-0.05, 0) is 24.2 Å². The van der Waals surface area contributed by atoms with Crippen molar-refractivity contribution in [1.82, 2.24) is 0 Å². The summed E-state index contributed by atoms with van der Waals surface area (Å²) in [6.07, 6.45) is 3.84. The van der Waals surface area contributed by atoms with Crippen LogP contribution in [0.25, 0.3) is 0 Å². The zero-order chi connectivity index (χ0) is 11.3. The third kappa shape index (κ3) is 1.23. The highest BCUT2D eigenvalue weighted by Crippen LogP contribution is 2.65. The van der Waals surface area contributed by atoms with Crippen LogP contribution >= 0.6 is 0 Å². The van der Waals surface area contributed by atoms with Crippen LogP contribution in [-0.4, -0.2) is 11.6 Å². The van der Waals surface area contributed by atoms with Crippen molar-refractivity contribution in [1.29, 1.82) is 0 Å². The van der Waals surface area contributed by atoms with Gasteiger partial charge < -0.3 is 0 Å². The molecule has 15 heavy (non-hydrogen) atoms. The minimum atomic E-state index is -0.301. The van der Waals surface area contributed by atoms with Gasteiger partial charge in [-0.15, -0.1) is 0 Å². The number of Topliss-reactive ketones (excluding diaryl/α,β-unsaturated/α-hetero) is 2. The van der Waals surface area contributed by atoms with E-state index in [2.05, 4.69) is 13.8 Å². The highest BCUT2D eigenvalue weighted by Gasteiger charge is 2.64. The summed E-state index contributed by atoms with van der Waals surface area (Å²) in [6, 6.07) is 0. The first-order valence-electron chi connectivity index (χ1n) is 5.99. The van der Waals surface area contributed by atoms with E-state index in [1.54, 1.807) is 0 Å². The Morgan fingerprint density at radius 3 is 2.53 bits per heavy atom. The third-order valence-corrected chi connectivity index (χ3v) is 5.03. The minimum absolute atomic E-state index is 0.0505. The van der Waals surface area contributed by atoms with Crippen molar-refractivity contribution in [2.24, 2.45) is 16.7 Å². The minimum Gasteiger partial charge on any atom is -0.300 e. The molecule has 2 fully saturated rings. The van der Waals surface area contributed by atoms with Gasteiger partial charge in [0.1, 0.15) is 11.6 Å². The molecule has 0 aliphatic heterocycles. The van der Waals surface area contributed by atoms with Gasteiger partial charge in [-0.25, -0.2) is 0 Å². The van der Waals surface area contributed by atoms with Crippen LogP contribution in [0.15, 0.2) is 0 Å². The molecule has 2 nitrogen and oxygen atoms in total. The summed E-state index contributed by atoms with van der Waals surface area (Å²) < 4.78 is 0. The Labute approximate surface area is 91.4 Å². The Balaban J connectivity index is 2.31. The van der Waals surface area contributed by atoms with Crippen LogP contribution in [0.4, 0.5) is 0 Å². The SMILES string of the molecule is CCC(=O)CC12CCC(CC1=O)C2(C)C. The topological polar surface area (TPSA) is 34.1 Å². The lowest BCUT2D eigenvalue weighted by Gasteiger charge is -2.36. The number of ketones is 2. The van der Waals surface area contributed by atoms with Crippen LogP contribution in [0, 0.1) is 16.7 Å². The molecule has 2 aliphatic carbocycles. The molecule has 0 N–H and O–H groups in total. The lowest BCUT2D eigenvalue weighted by atomic mass is 9.66. The van der Waals surface area contributed by atoms with Crippen LogP contribution in [0.3, 0.4) is 0 Å². The maximum absolute atomic E-state index is 12.1. The average Bonchev–Trinajstić information content (AvgIpc) is 2.51. The number of hydrogen-bond acceptors (Lipinski definition) is 2. The molecule has 0 aromatic carbocycles. The maximum Gasteiger partial charge on any atom is 0.140 e. The van der Waals surface area contributed by atoms with Gasteiger partial charge in [0.25, 0.3) is 0 Å². The molecule has 0 spiro atoms. The monoisotopic (exact) mass is 208 g/mol. The summed E-state index contributed by atoms with van der Waals surface area (Å²) >= 11 is 0. The molecule has 2 aliphatic rings. The first kappa shape index (κ1) is 10.8. The van der Waals surface area contributed by atoms with Gasteiger partial charge in [0.05, 0.1) is 0 Å². The number of carbonyl (C=O) groups is 2. The molecule has 0 radical (unpaired) electrons. The van der Waals surface area contributed by atoms with Crippen molar-refractivity contribution < 1.29 is 9.59 Å². The highest BCUT2D eigenvalue weighted by atomic mass is 16.1. The van der Waals surface area contributed by atoms with E-state index in [-0.39, 0.29) is 16.6 Å². The van der Waals surface area contributed by atoms with Gasteiger partial charge in [-0.2, -0.15) is 0 Å². The second-order valence-corrected chi connectivity index (χ2v) is 5.74. The summed E-state index contributed by atoms with van der Waals surface area (Å²) in [4.78, 5) is 23.7. The number of hydrogen-bond donors (Lipinski definition) is 0. The van der Waals surface area contributed by atoms with Crippen molar-refractivity contribution in [2.75, 3.05) is 0 Å². The van der Waals surface area contributed by atoms with Crippen LogP contribution in [0.5, 0.6) is 0 Å². The predicted molar refractivity (Wildman–Crippen MR) is 58.5 cm³/mol. The van der Waals surface area contributed by atoms with E-state index in [1.165, 1.54) is 0 Å². The molecule has 2 atom stereocenters. The largest absolute Gasteiger partial charge is 0.300 e. The summed E-state index contributed by atoms with van der Waals surface area (Å²) in [6.45, 7) is 6.24. The van der Waals surface area contributed by atoms with Gasteiger partial charge >= 0.3 is 0 Å². The summed E-state index contributed by atoms with van der Waals surface area (Å²) in [5.74, 6) is 1.12. The number of carbonyl (C=O) groups excluding carboxylic acids is 2. The van der Waals surface area contributed by atoms with Gasteiger partial charge in [-0.1, -0.05) is 20.8 Å². The van der Waals surface area contributed by atoms with Crippen LogP contribution in [0.2, 0.25) is 0 Å². The van der Waals surface area contributed by atoms with E-state index in [9.17, 15) is 9.59 Å². The highest BCUT2D eigenvalue weighted by molar-refractivity contribution is 5.94. The van der Waals surface area contributed by atoms with E-state index < -0.39 is 0 Å². The smallest absolute Gasteiger partial charge is 0.140 e. The average molecular weight is 208 g/mol. The number of fused-ring (bicyclic) bond motifs is 2. The zero-order valence-corrected chi connectivity index (χ0v) is 9.93. The third-order valence-electron chi connectivity index (χ3n) is 5.03. The lowest BCUT2D eigenvalue weighted by Crippen LogP contribution is -2.37. The molecular weight excluding hydrogens is 188 g/mol. The van der Waals surface area contributed by atoms with Crippen molar-refractivity contribution in [3.8, 4) is 0 Å². The standard InChI is InChI=1S/C13H20O2/c1-4-10(14)8-13-6-5-9(7-11(13)15)12(13,2)3/h9H,4-8H2,1-3H3. The molecule has 2 bridgehead atoms. The Morgan fingerprint density at radius 1 is 1.47 bits per heavy atom. The second kappa shape index (κ2) is 3.16. The maximum atomic E-state index is 12.1. The van der Waals surface area contributed by atoms with Crippen molar-refractivity contribution in [2.45, 2.75) is 52.9 Å².